The van der Waals surface area contributed by atoms with Crippen LogP contribution in [0.2, 0.25) is 0 Å². The lowest BCUT2D eigenvalue weighted by molar-refractivity contribution is -0.162. The predicted octanol–water partition coefficient (Wildman–Crippen LogP) is 2.94. The number of esters is 2. The van der Waals surface area contributed by atoms with E-state index in [1.165, 1.54) is 6.92 Å². The number of hydrogen-bond acceptors (Lipinski definition) is 9. The molecule has 0 radical (unpaired) electrons. The van der Waals surface area contributed by atoms with Crippen molar-refractivity contribution in [2.45, 2.75) is 101 Å². The Morgan fingerprint density at radius 2 is 1.88 bits per heavy atom. The quantitative estimate of drug-likeness (QED) is 0.330. The first-order chi connectivity index (χ1) is 19.9. The number of hydrogen-bond donors (Lipinski definition) is 3. The molecule has 2 bridgehead atoms. The fraction of sp³-hybridized carbons (Fsp3) is 0.613. The smallest absolute Gasteiger partial charge is 0.326 e. The third-order valence-corrected chi connectivity index (χ3v) is 9.23. The van der Waals surface area contributed by atoms with Crippen molar-refractivity contribution >= 4 is 23.8 Å². The van der Waals surface area contributed by atoms with Crippen LogP contribution in [0.15, 0.2) is 24.0 Å². The number of nitrogens with one attached hydrogen (secondary N) is 1. The van der Waals surface area contributed by atoms with Gasteiger partial charge in [0.05, 0.1) is 31.0 Å². The molecular formula is C31H39NO10. The zero-order valence-corrected chi connectivity index (χ0v) is 24.4. The van der Waals surface area contributed by atoms with E-state index in [9.17, 15) is 29.4 Å². The molecule has 0 unspecified atom stereocenters. The molecule has 1 aromatic rings. The lowest BCUT2D eigenvalue weighted by Gasteiger charge is -2.59. The molecule has 1 amide bonds. The number of methoxy groups -OCH3 is 1. The maximum absolute atomic E-state index is 12.9. The number of carboxylic acid groups (broad SMARTS) is 1. The summed E-state index contributed by atoms with van der Waals surface area (Å²) >= 11 is 0. The summed E-state index contributed by atoms with van der Waals surface area (Å²) in [5.74, 6) is -1.82. The van der Waals surface area contributed by atoms with Gasteiger partial charge in [-0.3, -0.25) is 14.4 Å². The van der Waals surface area contributed by atoms with Gasteiger partial charge in [-0.2, -0.15) is 0 Å². The van der Waals surface area contributed by atoms with Crippen molar-refractivity contribution in [1.82, 2.24) is 5.32 Å². The number of carboxylic acids is 1. The number of aliphatic carboxylic acids is 1. The molecular weight excluding hydrogens is 546 g/mol. The van der Waals surface area contributed by atoms with Crippen LogP contribution >= 0.6 is 0 Å². The Hall–Kier alpha value is -3.60. The first-order valence-corrected chi connectivity index (χ1v) is 14.6. The van der Waals surface area contributed by atoms with E-state index in [-0.39, 0.29) is 31.1 Å². The van der Waals surface area contributed by atoms with Gasteiger partial charge in [-0.1, -0.05) is 26.3 Å². The third kappa shape index (κ3) is 4.91. The average Bonchev–Trinajstić information content (AvgIpc) is 3.27. The van der Waals surface area contributed by atoms with E-state index < -0.39 is 53.1 Å². The standard InChI is InChI=1S/C31H39NO10/c1-16(2)14-20(29(36)37)32-28(35)17(3)40-23(33)9-10-24(34)41-22-11-13-31(38)19-6-5-12-30(31)25-18(15-19)7-8-21(39-4)26(25)42-27(22)30/h7-8,11,16-17,19-20,27,38H,5-6,9-10,12-15H2,1-4H3,(H,32,35)(H,36,37)/t17-,19-,20-,27+,30+,31-/m0/s1. The number of aliphatic hydroxyl groups is 1. The maximum Gasteiger partial charge on any atom is 0.326 e. The first kappa shape index (κ1) is 29.9. The Balaban J connectivity index is 1.22. The monoisotopic (exact) mass is 585 g/mol. The van der Waals surface area contributed by atoms with Crippen LogP contribution in [-0.2, 0) is 40.5 Å². The van der Waals surface area contributed by atoms with Crippen molar-refractivity contribution in [2.24, 2.45) is 11.8 Å². The van der Waals surface area contributed by atoms with E-state index in [1.54, 1.807) is 13.2 Å². The number of carbonyl (C=O) groups is 4. The van der Waals surface area contributed by atoms with Crippen molar-refractivity contribution in [3.63, 3.8) is 0 Å². The molecule has 42 heavy (non-hydrogen) atoms. The molecule has 11 nitrogen and oxygen atoms in total. The fourth-order valence-electron chi connectivity index (χ4n) is 7.36. The summed E-state index contributed by atoms with van der Waals surface area (Å²) in [6.07, 6.45) is 2.93. The summed E-state index contributed by atoms with van der Waals surface area (Å²) in [4.78, 5) is 49.1. The Kier molecular flexibility index (Phi) is 8.00. The van der Waals surface area contributed by atoms with Crippen LogP contribution in [-0.4, -0.2) is 65.0 Å². The normalized spacial score (nSPS) is 28.0. The lowest BCUT2D eigenvalue weighted by atomic mass is 9.47. The van der Waals surface area contributed by atoms with Gasteiger partial charge in [0.2, 0.25) is 0 Å². The summed E-state index contributed by atoms with van der Waals surface area (Å²) in [5.41, 5.74) is 0.269. The topological polar surface area (TPSA) is 158 Å². The second-order valence-electron chi connectivity index (χ2n) is 12.3. The van der Waals surface area contributed by atoms with Crippen molar-refractivity contribution in [1.29, 1.82) is 0 Å². The fourth-order valence-corrected chi connectivity index (χ4v) is 7.36. The Bertz CT molecular complexity index is 1320. The SMILES string of the molecule is COc1ccc2c3c1O[C@@H]1C(OC(=O)CCC(=O)O[C@@H](C)C(=O)N[C@@H](CC(C)C)C(=O)O)=CC[C@]4(O)[C@@H](CCC[C@@]314)C2. The number of carbonyl (C=O) groups excluding carboxylic acids is 3. The number of ether oxygens (including phenoxy) is 4. The molecule has 1 saturated carbocycles. The average molecular weight is 586 g/mol. The molecule has 5 rings (SSSR count). The first-order valence-electron chi connectivity index (χ1n) is 14.6. The minimum Gasteiger partial charge on any atom is -0.493 e. The largest absolute Gasteiger partial charge is 0.493 e. The molecule has 228 valence electrons. The molecule has 3 N–H and O–H groups in total. The Morgan fingerprint density at radius 1 is 1.14 bits per heavy atom. The van der Waals surface area contributed by atoms with Gasteiger partial charge < -0.3 is 34.5 Å². The van der Waals surface area contributed by atoms with Gasteiger partial charge in [-0.15, -0.1) is 0 Å². The molecule has 1 heterocycles. The van der Waals surface area contributed by atoms with Gasteiger partial charge in [0.15, 0.2) is 23.7 Å². The Labute approximate surface area is 244 Å². The Morgan fingerprint density at radius 3 is 2.57 bits per heavy atom. The molecule has 0 saturated heterocycles. The van der Waals surface area contributed by atoms with Gasteiger partial charge in [-0.25, -0.2) is 4.79 Å². The zero-order chi connectivity index (χ0) is 30.4. The van der Waals surface area contributed by atoms with E-state index >= 15 is 0 Å². The molecule has 1 spiro atoms. The van der Waals surface area contributed by atoms with Crippen LogP contribution in [0.5, 0.6) is 11.5 Å². The third-order valence-electron chi connectivity index (χ3n) is 9.23. The minimum atomic E-state index is -1.24. The van der Waals surface area contributed by atoms with E-state index in [0.29, 0.717) is 30.1 Å². The molecule has 4 aliphatic rings. The summed E-state index contributed by atoms with van der Waals surface area (Å²) in [6, 6.07) is 2.81. The van der Waals surface area contributed by atoms with Gasteiger partial charge >= 0.3 is 17.9 Å². The van der Waals surface area contributed by atoms with Crippen LogP contribution in [0.4, 0.5) is 0 Å². The van der Waals surface area contributed by atoms with Crippen molar-refractivity contribution in [3.05, 3.63) is 35.1 Å². The number of rotatable bonds is 11. The van der Waals surface area contributed by atoms with Crippen molar-refractivity contribution in [2.75, 3.05) is 7.11 Å². The molecule has 1 aliphatic heterocycles. The van der Waals surface area contributed by atoms with E-state index in [4.69, 9.17) is 18.9 Å². The second-order valence-corrected chi connectivity index (χ2v) is 12.3. The molecule has 3 aliphatic carbocycles. The summed E-state index contributed by atoms with van der Waals surface area (Å²) in [5, 5.41) is 23.8. The lowest BCUT2D eigenvalue weighted by Crippen LogP contribution is -2.67. The van der Waals surface area contributed by atoms with E-state index in [0.717, 1.165) is 30.4 Å². The van der Waals surface area contributed by atoms with Crippen LogP contribution in [0.3, 0.4) is 0 Å². The maximum atomic E-state index is 12.9. The second kappa shape index (κ2) is 11.2. The van der Waals surface area contributed by atoms with Crippen molar-refractivity contribution in [3.8, 4) is 11.5 Å². The highest BCUT2D eigenvalue weighted by Gasteiger charge is 2.70. The van der Waals surface area contributed by atoms with Crippen LogP contribution in [0.1, 0.15) is 76.8 Å². The summed E-state index contributed by atoms with van der Waals surface area (Å²) in [7, 11) is 1.57. The molecule has 0 aromatic heterocycles. The van der Waals surface area contributed by atoms with Crippen LogP contribution < -0.4 is 14.8 Å². The van der Waals surface area contributed by atoms with Gasteiger partial charge in [0, 0.05) is 5.56 Å². The summed E-state index contributed by atoms with van der Waals surface area (Å²) < 4.78 is 22.9. The van der Waals surface area contributed by atoms with Crippen LogP contribution in [0, 0.1) is 11.8 Å². The van der Waals surface area contributed by atoms with Gasteiger partial charge in [0.25, 0.3) is 5.91 Å². The molecule has 11 heteroatoms. The van der Waals surface area contributed by atoms with E-state index in [2.05, 4.69) is 5.32 Å². The number of amides is 1. The highest BCUT2D eigenvalue weighted by atomic mass is 16.6. The molecule has 1 fully saturated rings. The summed E-state index contributed by atoms with van der Waals surface area (Å²) in [6.45, 7) is 5.01. The van der Waals surface area contributed by atoms with E-state index in [1.807, 2.05) is 26.0 Å². The highest BCUT2D eigenvalue weighted by Crippen LogP contribution is 2.67. The number of benzene rings is 1. The van der Waals surface area contributed by atoms with Crippen LogP contribution in [0.25, 0.3) is 0 Å². The molecule has 1 aromatic carbocycles. The van der Waals surface area contributed by atoms with Crippen molar-refractivity contribution < 1.29 is 48.3 Å². The minimum absolute atomic E-state index is 0.0356. The van der Waals surface area contributed by atoms with Gasteiger partial charge in [-0.05, 0) is 68.6 Å². The highest BCUT2D eigenvalue weighted by molar-refractivity contribution is 5.88. The van der Waals surface area contributed by atoms with Gasteiger partial charge in [0.1, 0.15) is 11.8 Å². The zero-order valence-electron chi connectivity index (χ0n) is 24.4. The predicted molar refractivity (Wildman–Crippen MR) is 148 cm³/mol. The molecule has 6 atom stereocenters.